The monoisotopic (exact) mass is 338 g/mol. The van der Waals surface area contributed by atoms with Gasteiger partial charge in [0.25, 0.3) is 0 Å². The van der Waals surface area contributed by atoms with E-state index in [1.165, 1.54) is 5.56 Å². The normalized spacial score (nSPS) is 17.6. The lowest BCUT2D eigenvalue weighted by molar-refractivity contribution is 0.0970. The van der Waals surface area contributed by atoms with Crippen molar-refractivity contribution < 1.29 is 9.15 Å². The highest BCUT2D eigenvalue weighted by atomic mass is 16.5. The Morgan fingerprint density at radius 2 is 2.04 bits per heavy atom. The highest BCUT2D eigenvalue weighted by molar-refractivity contribution is 5.13. The van der Waals surface area contributed by atoms with Crippen molar-refractivity contribution in [3.05, 3.63) is 72.0 Å². The molecule has 4 heterocycles. The van der Waals surface area contributed by atoms with E-state index in [0.29, 0.717) is 13.2 Å². The van der Waals surface area contributed by atoms with Crippen LogP contribution < -0.4 is 0 Å². The molecule has 0 N–H and O–H groups in total. The maximum absolute atomic E-state index is 5.86. The summed E-state index contributed by atoms with van der Waals surface area (Å²) in [6, 6.07) is 6.24. The molecule has 3 aromatic rings. The molecule has 1 aliphatic heterocycles. The summed E-state index contributed by atoms with van der Waals surface area (Å²) in [4.78, 5) is 11.1. The predicted molar refractivity (Wildman–Crippen MR) is 92.5 cm³/mol. The van der Waals surface area contributed by atoms with Gasteiger partial charge in [-0.15, -0.1) is 0 Å². The first-order valence-corrected chi connectivity index (χ1v) is 8.57. The number of imidazole rings is 1. The number of aromatic nitrogens is 3. The van der Waals surface area contributed by atoms with Gasteiger partial charge in [0, 0.05) is 37.6 Å². The van der Waals surface area contributed by atoms with Gasteiger partial charge < -0.3 is 13.7 Å². The summed E-state index contributed by atoms with van der Waals surface area (Å²) in [5.41, 5.74) is 3.47. The maximum Gasteiger partial charge on any atom is 0.126 e. The average Bonchev–Trinajstić information content (AvgIpc) is 3.29. The molecule has 0 saturated heterocycles. The van der Waals surface area contributed by atoms with Crippen LogP contribution in [0.2, 0.25) is 0 Å². The van der Waals surface area contributed by atoms with Crippen LogP contribution in [0.5, 0.6) is 0 Å². The number of pyridine rings is 1. The first-order chi connectivity index (χ1) is 12.3. The number of fused-ring (bicyclic) bond motifs is 1. The lowest BCUT2D eigenvalue weighted by Gasteiger charge is -2.34. The molecule has 25 heavy (non-hydrogen) atoms. The molecule has 0 saturated carbocycles. The molecule has 3 aromatic heterocycles. The number of ether oxygens (including phenoxy) is 1. The van der Waals surface area contributed by atoms with E-state index in [1.807, 2.05) is 30.7 Å². The summed E-state index contributed by atoms with van der Waals surface area (Å²) in [5, 5.41) is 0. The van der Waals surface area contributed by atoms with Gasteiger partial charge in [-0.1, -0.05) is 0 Å². The Bertz CT molecular complexity index is 798. The Kier molecular flexibility index (Phi) is 4.63. The summed E-state index contributed by atoms with van der Waals surface area (Å²) in [5.74, 6) is 1.11. The van der Waals surface area contributed by atoms with Crippen molar-refractivity contribution in [2.45, 2.75) is 39.3 Å². The Morgan fingerprint density at radius 3 is 2.84 bits per heavy atom. The number of nitrogens with zero attached hydrogens (tertiary/aromatic N) is 4. The predicted octanol–water partition coefficient (Wildman–Crippen LogP) is 3.16. The zero-order valence-corrected chi connectivity index (χ0v) is 14.3. The average molecular weight is 338 g/mol. The van der Waals surface area contributed by atoms with Crippen LogP contribution in [0.25, 0.3) is 0 Å². The van der Waals surface area contributed by atoms with Gasteiger partial charge in [0.15, 0.2) is 0 Å². The van der Waals surface area contributed by atoms with Crippen molar-refractivity contribution in [3.8, 4) is 0 Å². The first kappa shape index (κ1) is 16.1. The third-order valence-electron chi connectivity index (χ3n) is 4.74. The number of furan rings is 1. The molecule has 0 radical (unpaired) electrons. The second kappa shape index (κ2) is 7.21. The number of hydrogen-bond donors (Lipinski definition) is 0. The molecule has 1 aliphatic rings. The standard InChI is InChI=1S/C19H22N4O2/c1-15-19-21-10-18(14-25-12-16-2-5-20-6-3-16)23(19)8-7-22(15)11-17-4-9-24-13-17/h2-6,9-10,13,15H,7-8,11-12,14H2,1H3. The topological polar surface area (TPSA) is 56.3 Å². The third kappa shape index (κ3) is 3.50. The van der Waals surface area contributed by atoms with Crippen LogP contribution in [-0.4, -0.2) is 26.0 Å². The van der Waals surface area contributed by atoms with E-state index in [9.17, 15) is 0 Å². The number of hydrogen-bond acceptors (Lipinski definition) is 5. The molecular formula is C19H22N4O2. The third-order valence-corrected chi connectivity index (χ3v) is 4.74. The SMILES string of the molecule is CC1c2ncc(COCc3ccncc3)n2CCN1Cc1ccoc1. The molecule has 0 aliphatic carbocycles. The first-order valence-electron chi connectivity index (χ1n) is 8.57. The summed E-state index contributed by atoms with van der Waals surface area (Å²) < 4.78 is 13.3. The molecule has 130 valence electrons. The van der Waals surface area contributed by atoms with Crippen LogP contribution in [-0.2, 0) is 31.0 Å². The second-order valence-electron chi connectivity index (χ2n) is 6.39. The smallest absolute Gasteiger partial charge is 0.126 e. The molecule has 0 spiro atoms. The zero-order chi connectivity index (χ0) is 17.1. The van der Waals surface area contributed by atoms with Gasteiger partial charge in [-0.3, -0.25) is 9.88 Å². The lowest BCUT2D eigenvalue weighted by atomic mass is 10.2. The van der Waals surface area contributed by atoms with Crippen molar-refractivity contribution in [3.63, 3.8) is 0 Å². The van der Waals surface area contributed by atoms with Gasteiger partial charge in [-0.25, -0.2) is 4.98 Å². The van der Waals surface area contributed by atoms with Crippen molar-refractivity contribution in [2.24, 2.45) is 0 Å². The van der Waals surface area contributed by atoms with Crippen molar-refractivity contribution in [1.29, 1.82) is 0 Å². The maximum atomic E-state index is 5.86. The summed E-state index contributed by atoms with van der Waals surface area (Å²) >= 11 is 0. The Hall–Kier alpha value is -2.44. The van der Waals surface area contributed by atoms with E-state index in [2.05, 4.69) is 26.4 Å². The Labute approximate surface area is 147 Å². The van der Waals surface area contributed by atoms with Crippen LogP contribution in [0, 0.1) is 0 Å². The molecule has 4 rings (SSSR count). The van der Waals surface area contributed by atoms with Gasteiger partial charge in [0.2, 0.25) is 0 Å². The zero-order valence-electron chi connectivity index (χ0n) is 14.3. The number of rotatable bonds is 6. The highest BCUT2D eigenvalue weighted by Gasteiger charge is 2.27. The van der Waals surface area contributed by atoms with Gasteiger partial charge in [-0.2, -0.15) is 0 Å². The summed E-state index contributed by atoms with van der Waals surface area (Å²) in [6.07, 6.45) is 9.06. The minimum absolute atomic E-state index is 0.276. The van der Waals surface area contributed by atoms with Gasteiger partial charge >= 0.3 is 0 Å². The molecule has 6 heteroatoms. The van der Waals surface area contributed by atoms with Crippen LogP contribution in [0.4, 0.5) is 0 Å². The molecule has 6 nitrogen and oxygen atoms in total. The van der Waals surface area contributed by atoms with Crippen LogP contribution in [0.1, 0.15) is 35.6 Å². The fourth-order valence-electron chi connectivity index (χ4n) is 3.30. The van der Waals surface area contributed by atoms with Crippen molar-refractivity contribution in [1.82, 2.24) is 19.4 Å². The van der Waals surface area contributed by atoms with E-state index in [1.54, 1.807) is 18.7 Å². The van der Waals surface area contributed by atoms with Crippen molar-refractivity contribution >= 4 is 0 Å². The molecule has 1 unspecified atom stereocenters. The largest absolute Gasteiger partial charge is 0.472 e. The van der Waals surface area contributed by atoms with E-state index in [-0.39, 0.29) is 6.04 Å². The Balaban J connectivity index is 1.39. The Morgan fingerprint density at radius 1 is 1.16 bits per heavy atom. The van der Waals surface area contributed by atoms with E-state index < -0.39 is 0 Å². The van der Waals surface area contributed by atoms with Gasteiger partial charge in [0.1, 0.15) is 5.82 Å². The van der Waals surface area contributed by atoms with Gasteiger partial charge in [-0.05, 0) is 30.7 Å². The van der Waals surface area contributed by atoms with Crippen molar-refractivity contribution in [2.75, 3.05) is 6.54 Å². The molecular weight excluding hydrogens is 316 g/mol. The minimum Gasteiger partial charge on any atom is -0.472 e. The quantitative estimate of drug-likeness (QED) is 0.691. The van der Waals surface area contributed by atoms with Crippen LogP contribution in [0.3, 0.4) is 0 Å². The summed E-state index contributed by atoms with van der Waals surface area (Å²) in [6.45, 7) is 6.19. The highest BCUT2D eigenvalue weighted by Crippen LogP contribution is 2.27. The summed E-state index contributed by atoms with van der Waals surface area (Å²) in [7, 11) is 0. The van der Waals surface area contributed by atoms with E-state index in [0.717, 1.165) is 36.7 Å². The molecule has 0 bridgehead atoms. The van der Waals surface area contributed by atoms with Gasteiger partial charge in [0.05, 0.1) is 43.7 Å². The fraction of sp³-hybridized carbons (Fsp3) is 0.368. The molecule has 1 atom stereocenters. The van der Waals surface area contributed by atoms with Crippen LogP contribution in [0.15, 0.2) is 53.7 Å². The van der Waals surface area contributed by atoms with E-state index >= 15 is 0 Å². The van der Waals surface area contributed by atoms with Crippen LogP contribution >= 0.6 is 0 Å². The minimum atomic E-state index is 0.276. The molecule has 0 fully saturated rings. The van der Waals surface area contributed by atoms with E-state index in [4.69, 9.17) is 9.15 Å². The second-order valence-corrected chi connectivity index (χ2v) is 6.39. The lowest BCUT2D eigenvalue weighted by Crippen LogP contribution is -2.37. The molecule has 0 aromatic carbocycles. The fourth-order valence-corrected chi connectivity index (χ4v) is 3.30. The molecule has 0 amide bonds.